The van der Waals surface area contributed by atoms with Crippen LogP contribution in [0.3, 0.4) is 0 Å². The third-order valence-corrected chi connectivity index (χ3v) is 4.71. The van der Waals surface area contributed by atoms with Gasteiger partial charge in [0.2, 0.25) is 0 Å². The number of carboxylic acids is 6. The fourth-order valence-electron chi connectivity index (χ4n) is 3.51. The minimum absolute atomic E-state index is 0.262. The monoisotopic (exact) mass is 450 g/mol. The van der Waals surface area contributed by atoms with Gasteiger partial charge in [-0.3, -0.25) is 28.8 Å². The molecule has 0 atom stereocenters. The average Bonchev–Trinajstić information content (AvgIpc) is 2.49. The van der Waals surface area contributed by atoms with E-state index in [1.54, 1.807) is 0 Å². The number of hydrogen-bond donors (Lipinski definition) is 6. The lowest BCUT2D eigenvalue weighted by atomic mass is 9.75. The van der Waals surface area contributed by atoms with Gasteiger partial charge < -0.3 is 35.4 Å². The van der Waals surface area contributed by atoms with Crippen molar-refractivity contribution >= 4 is 35.8 Å². The third-order valence-electron chi connectivity index (χ3n) is 4.71. The third kappa shape index (κ3) is 12.2. The molecule has 0 bridgehead atoms. The molecule has 0 spiro atoms. The molecular weight excluding hydrogens is 424 g/mol. The maximum absolute atomic E-state index is 11.1. The summed E-state index contributed by atoms with van der Waals surface area (Å²) in [6, 6.07) is 0. The summed E-state index contributed by atoms with van der Waals surface area (Å²) in [5.74, 6) is -8.38. The van der Waals surface area contributed by atoms with Crippen molar-refractivity contribution in [3.05, 3.63) is 0 Å². The van der Waals surface area contributed by atoms with Gasteiger partial charge in [0.15, 0.2) is 0 Å². The minimum Gasteiger partial charge on any atom is -0.481 e. The van der Waals surface area contributed by atoms with E-state index >= 15 is 0 Å². The first-order valence-electron chi connectivity index (χ1n) is 9.09. The van der Waals surface area contributed by atoms with Crippen LogP contribution in [0.5, 0.6) is 0 Å². The number of rotatable bonds is 18. The number of carboxylic acid groups (broad SMARTS) is 6. The predicted molar refractivity (Wildman–Crippen MR) is 98.4 cm³/mol. The van der Waals surface area contributed by atoms with Crippen molar-refractivity contribution in [2.24, 2.45) is 10.8 Å². The standard InChI is InChI=1S/C18H26O13/c19-11(20)5-17(6-12(21)22,7-13(23)24)1-3-31-4-2-18(8-14(25)26,9-15(27)28)10-16(29)30/h1-10H2,(H,19,20)(H,21,22)(H,23,24)(H,25,26)(H,27,28)(H,29,30). The van der Waals surface area contributed by atoms with E-state index in [4.69, 9.17) is 35.4 Å². The molecule has 6 N–H and O–H groups in total. The molecule has 0 aliphatic carbocycles. The zero-order valence-corrected chi connectivity index (χ0v) is 16.6. The van der Waals surface area contributed by atoms with Crippen LogP contribution < -0.4 is 0 Å². The van der Waals surface area contributed by atoms with Gasteiger partial charge in [0, 0.05) is 24.0 Å². The molecule has 0 aromatic rings. The molecule has 0 radical (unpaired) electrons. The van der Waals surface area contributed by atoms with Crippen LogP contribution in [-0.2, 0) is 33.5 Å². The van der Waals surface area contributed by atoms with Gasteiger partial charge in [-0.2, -0.15) is 0 Å². The lowest BCUT2D eigenvalue weighted by molar-refractivity contribution is -0.150. The zero-order valence-electron chi connectivity index (χ0n) is 16.6. The molecule has 13 heteroatoms. The van der Waals surface area contributed by atoms with Crippen LogP contribution in [0.25, 0.3) is 0 Å². The van der Waals surface area contributed by atoms with Gasteiger partial charge in [-0.15, -0.1) is 0 Å². The second kappa shape index (κ2) is 12.5. The molecule has 0 aliphatic rings. The first kappa shape index (κ1) is 27.8. The van der Waals surface area contributed by atoms with E-state index in [0.29, 0.717) is 0 Å². The van der Waals surface area contributed by atoms with E-state index in [-0.39, 0.29) is 26.1 Å². The van der Waals surface area contributed by atoms with Crippen molar-refractivity contribution in [3.8, 4) is 0 Å². The van der Waals surface area contributed by atoms with Crippen molar-refractivity contribution in [3.63, 3.8) is 0 Å². The van der Waals surface area contributed by atoms with E-state index in [2.05, 4.69) is 0 Å². The molecule has 31 heavy (non-hydrogen) atoms. The van der Waals surface area contributed by atoms with Crippen LogP contribution >= 0.6 is 0 Å². The van der Waals surface area contributed by atoms with E-state index < -0.39 is 85.2 Å². The van der Waals surface area contributed by atoms with Gasteiger partial charge in [-0.1, -0.05) is 0 Å². The highest BCUT2D eigenvalue weighted by atomic mass is 16.5. The summed E-state index contributed by atoms with van der Waals surface area (Å²) in [6.45, 7) is -0.589. The second-order valence-corrected chi connectivity index (χ2v) is 7.54. The SMILES string of the molecule is O=C(O)CC(CCOCCC(CC(=O)O)(CC(=O)O)CC(=O)O)(CC(=O)O)CC(=O)O. The topological polar surface area (TPSA) is 233 Å². The number of hydrogen-bond acceptors (Lipinski definition) is 7. The van der Waals surface area contributed by atoms with Crippen LogP contribution in [-0.4, -0.2) is 79.7 Å². The average molecular weight is 450 g/mol. The highest BCUT2D eigenvalue weighted by Gasteiger charge is 2.39. The number of ether oxygens (including phenoxy) is 1. The predicted octanol–water partition coefficient (Wildman–Crippen LogP) is 0.604. The second-order valence-electron chi connectivity index (χ2n) is 7.54. The summed E-state index contributed by atoms with van der Waals surface area (Å²) >= 11 is 0. The molecule has 0 aromatic heterocycles. The highest BCUT2D eigenvalue weighted by Crippen LogP contribution is 2.37. The summed E-state index contributed by atoms with van der Waals surface area (Å²) in [5, 5.41) is 54.3. The normalized spacial score (nSPS) is 11.6. The fourth-order valence-corrected chi connectivity index (χ4v) is 3.51. The summed E-state index contributed by atoms with van der Waals surface area (Å²) in [7, 11) is 0. The molecule has 0 heterocycles. The van der Waals surface area contributed by atoms with Gasteiger partial charge in [-0.25, -0.2) is 0 Å². The van der Waals surface area contributed by atoms with Crippen LogP contribution in [0.4, 0.5) is 0 Å². The van der Waals surface area contributed by atoms with Crippen LogP contribution in [0, 0.1) is 10.8 Å². The lowest BCUT2D eigenvalue weighted by Crippen LogP contribution is -2.33. The quantitative estimate of drug-likeness (QED) is 0.157. The molecule has 0 saturated carbocycles. The van der Waals surface area contributed by atoms with Gasteiger partial charge in [-0.05, 0) is 12.8 Å². The van der Waals surface area contributed by atoms with Crippen LogP contribution in [0.1, 0.15) is 51.4 Å². The molecular formula is C18H26O13. The molecule has 0 aromatic carbocycles. The number of carbonyl (C=O) groups is 6. The fraction of sp³-hybridized carbons (Fsp3) is 0.667. The molecule has 0 fully saturated rings. The Balaban J connectivity index is 5.25. The summed E-state index contributed by atoms with van der Waals surface area (Å²) in [5.41, 5.74) is -3.27. The molecule has 0 rings (SSSR count). The maximum atomic E-state index is 11.1. The zero-order chi connectivity index (χ0) is 24.2. The molecule has 13 nitrogen and oxygen atoms in total. The van der Waals surface area contributed by atoms with E-state index in [0.717, 1.165) is 0 Å². The lowest BCUT2D eigenvalue weighted by Gasteiger charge is -2.31. The Bertz CT molecular complexity index is 557. The van der Waals surface area contributed by atoms with E-state index in [9.17, 15) is 28.8 Å². The van der Waals surface area contributed by atoms with Crippen molar-refractivity contribution in [2.45, 2.75) is 51.4 Å². The Labute approximate surface area is 176 Å². The molecule has 0 unspecified atom stereocenters. The molecule has 176 valence electrons. The Hall–Kier alpha value is -3.22. The summed E-state index contributed by atoms with van der Waals surface area (Å²) < 4.78 is 5.28. The summed E-state index contributed by atoms with van der Waals surface area (Å²) in [6.07, 6.45) is -4.97. The first-order valence-corrected chi connectivity index (χ1v) is 9.09. The maximum Gasteiger partial charge on any atom is 0.303 e. The minimum atomic E-state index is -1.64. The largest absolute Gasteiger partial charge is 0.481 e. The van der Waals surface area contributed by atoms with Crippen molar-refractivity contribution in [2.75, 3.05) is 13.2 Å². The van der Waals surface area contributed by atoms with Gasteiger partial charge in [0.05, 0.1) is 38.5 Å². The van der Waals surface area contributed by atoms with Crippen molar-refractivity contribution in [1.82, 2.24) is 0 Å². The molecule has 0 aliphatic heterocycles. The Kier molecular flexibility index (Phi) is 11.2. The Morgan fingerprint density at radius 2 is 0.645 bits per heavy atom. The van der Waals surface area contributed by atoms with Gasteiger partial charge in [0.1, 0.15) is 0 Å². The molecule has 0 amide bonds. The van der Waals surface area contributed by atoms with Crippen molar-refractivity contribution < 1.29 is 64.1 Å². The summed E-state index contributed by atoms with van der Waals surface area (Å²) in [4.78, 5) is 66.7. The van der Waals surface area contributed by atoms with E-state index in [1.165, 1.54) is 0 Å². The van der Waals surface area contributed by atoms with E-state index in [1.807, 2.05) is 0 Å². The smallest absolute Gasteiger partial charge is 0.303 e. The first-order chi connectivity index (χ1) is 14.2. The van der Waals surface area contributed by atoms with Crippen LogP contribution in [0.15, 0.2) is 0 Å². The Morgan fingerprint density at radius 1 is 0.452 bits per heavy atom. The molecule has 0 saturated heterocycles. The van der Waals surface area contributed by atoms with Crippen molar-refractivity contribution in [1.29, 1.82) is 0 Å². The van der Waals surface area contributed by atoms with Gasteiger partial charge in [0.25, 0.3) is 0 Å². The van der Waals surface area contributed by atoms with Crippen LogP contribution in [0.2, 0.25) is 0 Å². The van der Waals surface area contributed by atoms with Gasteiger partial charge >= 0.3 is 35.8 Å². The number of aliphatic carboxylic acids is 6. The highest BCUT2D eigenvalue weighted by molar-refractivity contribution is 5.76. The Morgan fingerprint density at radius 3 is 0.806 bits per heavy atom.